The summed E-state index contributed by atoms with van der Waals surface area (Å²) in [6.07, 6.45) is 5.77. The number of fused-ring (bicyclic) bond motifs is 2. The van der Waals surface area contributed by atoms with Crippen LogP contribution in [0.25, 0.3) is 0 Å². The van der Waals surface area contributed by atoms with Gasteiger partial charge in [0.2, 0.25) is 0 Å². The van der Waals surface area contributed by atoms with E-state index >= 15 is 0 Å². The van der Waals surface area contributed by atoms with Crippen LogP contribution in [0.2, 0.25) is 0 Å². The van der Waals surface area contributed by atoms with Gasteiger partial charge in [-0.05, 0) is 36.6 Å². The minimum Gasteiger partial charge on any atom is -0.377 e. The average molecular weight is 312 g/mol. The van der Waals surface area contributed by atoms with Crippen LogP contribution < -0.4 is 5.32 Å². The van der Waals surface area contributed by atoms with E-state index in [1.807, 2.05) is 46.1 Å². The zero-order valence-electron chi connectivity index (χ0n) is 12.9. The summed E-state index contributed by atoms with van der Waals surface area (Å²) in [4.78, 5) is 14.6. The van der Waals surface area contributed by atoms with Crippen LogP contribution in [0, 0.1) is 0 Å². The largest absolute Gasteiger partial charge is 0.377 e. The second-order valence-electron chi connectivity index (χ2n) is 6.16. The predicted octanol–water partition coefficient (Wildman–Crippen LogP) is 2.33. The molecule has 2 amide bonds. The summed E-state index contributed by atoms with van der Waals surface area (Å²) >= 11 is 0. The molecule has 3 heterocycles. The Labute approximate surface area is 135 Å². The number of carbonyl (C=O) groups excluding carboxylic acids is 1. The fourth-order valence-corrected chi connectivity index (χ4v) is 3.48. The maximum atomic E-state index is 12.6. The summed E-state index contributed by atoms with van der Waals surface area (Å²) in [5.74, 6) is 0. The summed E-state index contributed by atoms with van der Waals surface area (Å²) in [6, 6.07) is 10.3. The van der Waals surface area contributed by atoms with E-state index in [0.717, 1.165) is 24.1 Å². The lowest BCUT2D eigenvalue weighted by atomic mass is 10.2. The number of nitrogens with one attached hydrogen (secondary N) is 1. The van der Waals surface area contributed by atoms with Crippen molar-refractivity contribution in [2.45, 2.75) is 31.5 Å². The molecule has 2 fully saturated rings. The third kappa shape index (κ3) is 2.94. The van der Waals surface area contributed by atoms with Crippen molar-refractivity contribution >= 4 is 11.7 Å². The Bertz CT molecular complexity index is 670. The second kappa shape index (κ2) is 6.04. The van der Waals surface area contributed by atoms with Gasteiger partial charge in [0, 0.05) is 18.1 Å². The highest BCUT2D eigenvalue weighted by atomic mass is 16.5. The van der Waals surface area contributed by atoms with Crippen LogP contribution in [0.15, 0.2) is 42.7 Å². The number of amides is 2. The molecule has 0 aliphatic carbocycles. The molecule has 4 rings (SSSR count). The highest BCUT2D eigenvalue weighted by Gasteiger charge is 2.40. The number of ether oxygens (including phenoxy) is 1. The number of hydrogen-bond acceptors (Lipinski definition) is 3. The van der Waals surface area contributed by atoms with Crippen molar-refractivity contribution in [3.8, 4) is 0 Å². The van der Waals surface area contributed by atoms with Crippen molar-refractivity contribution in [1.29, 1.82) is 0 Å². The van der Waals surface area contributed by atoms with Gasteiger partial charge in [-0.2, -0.15) is 5.10 Å². The smallest absolute Gasteiger partial charge is 0.322 e. The molecule has 1 aromatic carbocycles. The van der Waals surface area contributed by atoms with E-state index in [2.05, 4.69) is 10.4 Å². The predicted molar refractivity (Wildman–Crippen MR) is 86.3 cm³/mol. The van der Waals surface area contributed by atoms with Crippen LogP contribution in [-0.4, -0.2) is 46.0 Å². The Morgan fingerprint density at radius 3 is 2.83 bits per heavy atom. The van der Waals surface area contributed by atoms with Crippen LogP contribution in [0.4, 0.5) is 10.5 Å². The molecule has 120 valence electrons. The van der Waals surface area contributed by atoms with Crippen LogP contribution in [-0.2, 0) is 11.3 Å². The first-order valence-electron chi connectivity index (χ1n) is 8.03. The fraction of sp³-hybridized carbons (Fsp3) is 0.412. The molecule has 6 heteroatoms. The SMILES string of the molecule is O=C(Nc1cccc(Cn2cccn2)c1)N1C2CCC1COC2. The molecule has 2 unspecified atom stereocenters. The quantitative estimate of drug-likeness (QED) is 0.946. The minimum absolute atomic E-state index is 0.0166. The maximum absolute atomic E-state index is 12.6. The van der Waals surface area contributed by atoms with E-state index in [1.54, 1.807) is 6.20 Å². The number of anilines is 1. The zero-order valence-corrected chi connectivity index (χ0v) is 12.9. The number of morpholine rings is 1. The van der Waals surface area contributed by atoms with Gasteiger partial charge in [0.25, 0.3) is 0 Å². The highest BCUT2D eigenvalue weighted by molar-refractivity contribution is 5.90. The molecule has 2 aromatic rings. The summed E-state index contributed by atoms with van der Waals surface area (Å²) in [6.45, 7) is 2.01. The Morgan fingerprint density at radius 1 is 1.26 bits per heavy atom. The molecule has 0 saturated carbocycles. The van der Waals surface area contributed by atoms with E-state index in [1.165, 1.54) is 0 Å². The van der Waals surface area contributed by atoms with Crippen LogP contribution in [0.5, 0.6) is 0 Å². The molecular formula is C17H20N4O2. The summed E-state index contributed by atoms with van der Waals surface area (Å²) in [5.41, 5.74) is 1.93. The summed E-state index contributed by atoms with van der Waals surface area (Å²) in [5, 5.41) is 7.25. The first kappa shape index (κ1) is 14.3. The number of hydrogen-bond donors (Lipinski definition) is 1. The zero-order chi connectivity index (χ0) is 15.6. The van der Waals surface area contributed by atoms with Crippen molar-refractivity contribution < 1.29 is 9.53 Å². The number of rotatable bonds is 3. The molecule has 23 heavy (non-hydrogen) atoms. The molecule has 2 saturated heterocycles. The van der Waals surface area contributed by atoms with E-state index in [-0.39, 0.29) is 18.1 Å². The van der Waals surface area contributed by atoms with Gasteiger partial charge < -0.3 is 15.0 Å². The van der Waals surface area contributed by atoms with E-state index < -0.39 is 0 Å². The second-order valence-corrected chi connectivity index (χ2v) is 6.16. The van der Waals surface area contributed by atoms with Gasteiger partial charge in [-0.3, -0.25) is 4.68 Å². The van der Waals surface area contributed by atoms with E-state index in [4.69, 9.17) is 4.74 Å². The maximum Gasteiger partial charge on any atom is 0.322 e. The minimum atomic E-state index is -0.0166. The van der Waals surface area contributed by atoms with Gasteiger partial charge in [0.05, 0.1) is 31.8 Å². The third-order valence-electron chi connectivity index (χ3n) is 4.56. The summed E-state index contributed by atoms with van der Waals surface area (Å²) < 4.78 is 7.40. The molecule has 2 aliphatic heterocycles. The number of carbonyl (C=O) groups is 1. The Hall–Kier alpha value is -2.34. The fourth-order valence-electron chi connectivity index (χ4n) is 3.48. The molecule has 2 atom stereocenters. The first-order chi connectivity index (χ1) is 11.3. The summed E-state index contributed by atoms with van der Waals surface area (Å²) in [7, 11) is 0. The monoisotopic (exact) mass is 312 g/mol. The third-order valence-corrected chi connectivity index (χ3v) is 4.56. The molecule has 0 spiro atoms. The van der Waals surface area contributed by atoms with Crippen molar-refractivity contribution in [1.82, 2.24) is 14.7 Å². The number of nitrogens with zero attached hydrogens (tertiary/aromatic N) is 3. The van der Waals surface area contributed by atoms with Crippen molar-refractivity contribution in [2.24, 2.45) is 0 Å². The van der Waals surface area contributed by atoms with Gasteiger partial charge >= 0.3 is 6.03 Å². The molecule has 2 bridgehead atoms. The van der Waals surface area contributed by atoms with E-state index in [9.17, 15) is 4.79 Å². The van der Waals surface area contributed by atoms with Crippen molar-refractivity contribution in [3.05, 3.63) is 48.3 Å². The lowest BCUT2D eigenvalue weighted by molar-refractivity contribution is 0.00949. The van der Waals surface area contributed by atoms with Gasteiger partial charge in [0.1, 0.15) is 0 Å². The molecule has 1 aromatic heterocycles. The normalized spacial score (nSPS) is 23.0. The first-order valence-corrected chi connectivity index (χ1v) is 8.03. The average Bonchev–Trinajstić information content (AvgIpc) is 3.14. The lowest BCUT2D eigenvalue weighted by Gasteiger charge is -2.34. The molecule has 0 radical (unpaired) electrons. The number of benzene rings is 1. The van der Waals surface area contributed by atoms with Gasteiger partial charge in [-0.15, -0.1) is 0 Å². The molecule has 1 N–H and O–H groups in total. The Kier molecular flexibility index (Phi) is 3.75. The van der Waals surface area contributed by atoms with Crippen LogP contribution in [0.1, 0.15) is 18.4 Å². The van der Waals surface area contributed by atoms with Crippen LogP contribution in [0.3, 0.4) is 0 Å². The van der Waals surface area contributed by atoms with Gasteiger partial charge in [-0.1, -0.05) is 12.1 Å². The Balaban J connectivity index is 1.45. The molecular weight excluding hydrogens is 292 g/mol. The highest BCUT2D eigenvalue weighted by Crippen LogP contribution is 2.29. The topological polar surface area (TPSA) is 59.4 Å². The lowest BCUT2D eigenvalue weighted by Crippen LogP contribution is -2.50. The van der Waals surface area contributed by atoms with Crippen molar-refractivity contribution in [2.75, 3.05) is 18.5 Å². The molecule has 6 nitrogen and oxygen atoms in total. The standard InChI is InChI=1S/C17H20N4O2/c22-17(21-15-5-6-16(21)12-23-11-15)19-14-4-1-3-13(9-14)10-20-8-2-7-18-20/h1-4,7-9,15-16H,5-6,10-12H2,(H,19,22). The van der Waals surface area contributed by atoms with E-state index in [0.29, 0.717) is 19.8 Å². The molecule has 2 aliphatic rings. The number of aromatic nitrogens is 2. The van der Waals surface area contributed by atoms with Gasteiger partial charge in [-0.25, -0.2) is 4.79 Å². The van der Waals surface area contributed by atoms with Crippen LogP contribution >= 0.6 is 0 Å². The number of urea groups is 1. The van der Waals surface area contributed by atoms with Crippen molar-refractivity contribution in [3.63, 3.8) is 0 Å². The van der Waals surface area contributed by atoms with Gasteiger partial charge in [0.15, 0.2) is 0 Å². The Morgan fingerprint density at radius 2 is 2.09 bits per heavy atom.